The largest absolute Gasteiger partial charge is 0.369 e. The average Bonchev–Trinajstić information content (AvgIpc) is 3.23. The number of hydrogen-bond donors (Lipinski definition) is 1. The van der Waals surface area contributed by atoms with Gasteiger partial charge in [0.05, 0.1) is 11.6 Å². The molecule has 31 heavy (non-hydrogen) atoms. The van der Waals surface area contributed by atoms with Gasteiger partial charge in [0.25, 0.3) is 0 Å². The Bertz CT molecular complexity index is 1260. The SMILES string of the molecule is CN1CCN(c2cccc(Nc3ncc4ccn(-c5cccc(C#N)c5)c4n3)c2)CC1. The van der Waals surface area contributed by atoms with E-state index in [4.69, 9.17) is 4.98 Å². The highest BCUT2D eigenvalue weighted by molar-refractivity contribution is 5.79. The maximum absolute atomic E-state index is 9.21. The molecule has 0 atom stereocenters. The molecule has 0 unspecified atom stereocenters. The number of fused-ring (bicyclic) bond motifs is 1. The van der Waals surface area contributed by atoms with E-state index < -0.39 is 0 Å². The van der Waals surface area contributed by atoms with E-state index in [1.54, 1.807) is 6.07 Å². The number of aromatic nitrogens is 3. The van der Waals surface area contributed by atoms with Crippen molar-refractivity contribution >= 4 is 28.4 Å². The highest BCUT2D eigenvalue weighted by Gasteiger charge is 2.15. The first kappa shape index (κ1) is 19.1. The topological polar surface area (TPSA) is 73.0 Å². The van der Waals surface area contributed by atoms with Crippen LogP contribution in [0.25, 0.3) is 16.7 Å². The van der Waals surface area contributed by atoms with Crippen molar-refractivity contribution in [1.29, 1.82) is 5.26 Å². The second kappa shape index (κ2) is 8.09. The Morgan fingerprint density at radius 2 is 1.77 bits per heavy atom. The molecule has 0 amide bonds. The van der Waals surface area contributed by atoms with E-state index in [0.717, 1.165) is 48.6 Å². The maximum Gasteiger partial charge on any atom is 0.229 e. The van der Waals surface area contributed by atoms with E-state index in [1.807, 2.05) is 47.3 Å². The van der Waals surface area contributed by atoms with Gasteiger partial charge in [-0.15, -0.1) is 0 Å². The van der Waals surface area contributed by atoms with Gasteiger partial charge >= 0.3 is 0 Å². The van der Waals surface area contributed by atoms with Crippen molar-refractivity contribution in [1.82, 2.24) is 19.4 Å². The lowest BCUT2D eigenvalue weighted by atomic mass is 10.2. The molecule has 1 saturated heterocycles. The quantitative estimate of drug-likeness (QED) is 0.553. The predicted molar refractivity (Wildman–Crippen MR) is 123 cm³/mol. The first-order valence-corrected chi connectivity index (χ1v) is 10.3. The number of nitrogens with zero attached hydrogens (tertiary/aromatic N) is 6. The van der Waals surface area contributed by atoms with E-state index in [1.165, 1.54) is 5.69 Å². The van der Waals surface area contributed by atoms with Gasteiger partial charge in [0.2, 0.25) is 5.95 Å². The van der Waals surface area contributed by atoms with Crippen LogP contribution >= 0.6 is 0 Å². The number of rotatable bonds is 4. The molecule has 0 aliphatic carbocycles. The minimum absolute atomic E-state index is 0.541. The van der Waals surface area contributed by atoms with Crippen molar-refractivity contribution in [2.45, 2.75) is 0 Å². The molecule has 2 aromatic carbocycles. The zero-order chi connectivity index (χ0) is 21.2. The molecule has 7 nitrogen and oxygen atoms in total. The summed E-state index contributed by atoms with van der Waals surface area (Å²) < 4.78 is 1.98. The smallest absolute Gasteiger partial charge is 0.229 e. The van der Waals surface area contributed by atoms with Crippen molar-refractivity contribution in [2.24, 2.45) is 0 Å². The van der Waals surface area contributed by atoms with E-state index >= 15 is 0 Å². The van der Waals surface area contributed by atoms with E-state index in [9.17, 15) is 5.26 Å². The second-order valence-electron chi connectivity index (χ2n) is 7.79. The summed E-state index contributed by atoms with van der Waals surface area (Å²) in [5.41, 5.74) is 4.47. The number of hydrogen-bond acceptors (Lipinski definition) is 6. The third kappa shape index (κ3) is 3.93. The molecule has 154 valence electrons. The molecule has 2 aromatic heterocycles. The Morgan fingerprint density at radius 3 is 2.61 bits per heavy atom. The van der Waals surface area contributed by atoms with Gasteiger partial charge in [0.1, 0.15) is 5.65 Å². The van der Waals surface area contributed by atoms with Crippen LogP contribution in [0.4, 0.5) is 17.3 Å². The van der Waals surface area contributed by atoms with Crippen LogP contribution in [-0.2, 0) is 0 Å². The Morgan fingerprint density at radius 1 is 0.968 bits per heavy atom. The Kier molecular flexibility index (Phi) is 4.98. The molecule has 7 heteroatoms. The summed E-state index contributed by atoms with van der Waals surface area (Å²) in [5.74, 6) is 0.541. The molecule has 3 heterocycles. The average molecular weight is 409 g/mol. The molecule has 0 radical (unpaired) electrons. The molecule has 0 saturated carbocycles. The molecule has 0 spiro atoms. The zero-order valence-electron chi connectivity index (χ0n) is 17.4. The van der Waals surface area contributed by atoms with Crippen molar-refractivity contribution in [3.8, 4) is 11.8 Å². The Hall–Kier alpha value is -3.89. The number of piperazine rings is 1. The van der Waals surface area contributed by atoms with Crippen LogP contribution in [0.5, 0.6) is 0 Å². The summed E-state index contributed by atoms with van der Waals surface area (Å²) in [5, 5.41) is 13.5. The molecule has 1 fully saturated rings. The van der Waals surface area contributed by atoms with Crippen LogP contribution in [0.15, 0.2) is 67.0 Å². The van der Waals surface area contributed by atoms with Gasteiger partial charge in [-0.05, 0) is 49.5 Å². The summed E-state index contributed by atoms with van der Waals surface area (Å²) in [6.45, 7) is 4.19. The fraction of sp³-hybridized carbons (Fsp3) is 0.208. The Labute approximate surface area is 181 Å². The summed E-state index contributed by atoms with van der Waals surface area (Å²) >= 11 is 0. The molecule has 1 aliphatic rings. The van der Waals surface area contributed by atoms with Gasteiger partial charge < -0.3 is 19.7 Å². The fourth-order valence-corrected chi connectivity index (χ4v) is 3.89. The summed E-state index contributed by atoms with van der Waals surface area (Å²) in [7, 11) is 2.16. The van der Waals surface area contributed by atoms with Gasteiger partial charge in [-0.1, -0.05) is 12.1 Å². The van der Waals surface area contributed by atoms with Gasteiger partial charge in [-0.2, -0.15) is 10.2 Å². The van der Waals surface area contributed by atoms with Gasteiger partial charge in [-0.3, -0.25) is 0 Å². The van der Waals surface area contributed by atoms with Gasteiger partial charge in [0, 0.05) is 61.0 Å². The van der Waals surface area contributed by atoms with Crippen LogP contribution in [0.2, 0.25) is 0 Å². The third-order valence-electron chi connectivity index (χ3n) is 5.65. The van der Waals surface area contributed by atoms with Crippen LogP contribution in [0.1, 0.15) is 5.56 Å². The van der Waals surface area contributed by atoms with Gasteiger partial charge in [0.15, 0.2) is 0 Å². The van der Waals surface area contributed by atoms with E-state index in [0.29, 0.717) is 11.5 Å². The monoisotopic (exact) mass is 409 g/mol. The molecular formula is C24H23N7. The van der Waals surface area contributed by atoms with Crippen LogP contribution in [-0.4, -0.2) is 52.7 Å². The number of likely N-dealkylation sites (N-methyl/N-ethyl adjacent to an activating group) is 1. The minimum atomic E-state index is 0.541. The molecular weight excluding hydrogens is 386 g/mol. The second-order valence-corrected chi connectivity index (χ2v) is 7.79. The molecule has 1 N–H and O–H groups in total. The zero-order valence-corrected chi connectivity index (χ0v) is 17.4. The van der Waals surface area contributed by atoms with Crippen molar-refractivity contribution < 1.29 is 0 Å². The molecule has 1 aliphatic heterocycles. The van der Waals surface area contributed by atoms with Crippen molar-refractivity contribution in [2.75, 3.05) is 43.4 Å². The summed E-state index contributed by atoms with van der Waals surface area (Å²) in [6.07, 6.45) is 3.77. The third-order valence-corrected chi connectivity index (χ3v) is 5.65. The Balaban J connectivity index is 1.42. The lowest BCUT2D eigenvalue weighted by molar-refractivity contribution is 0.313. The first-order chi connectivity index (χ1) is 15.2. The molecule has 5 rings (SSSR count). The predicted octanol–water partition coefficient (Wildman–Crippen LogP) is 3.79. The van der Waals surface area contributed by atoms with Gasteiger partial charge in [-0.25, -0.2) is 4.98 Å². The van der Waals surface area contributed by atoms with E-state index in [2.05, 4.69) is 51.4 Å². The standard InChI is InChI=1S/C24H23N7/c1-29-10-12-30(13-11-29)21-6-3-5-20(15-21)27-24-26-17-19-8-9-31(23(19)28-24)22-7-2-4-18(14-22)16-25/h2-9,14-15,17H,10-13H2,1H3,(H,26,27,28). The maximum atomic E-state index is 9.21. The molecule has 4 aromatic rings. The summed E-state index contributed by atoms with van der Waals surface area (Å²) in [4.78, 5) is 14.0. The van der Waals surface area contributed by atoms with E-state index in [-0.39, 0.29) is 0 Å². The van der Waals surface area contributed by atoms with Crippen molar-refractivity contribution in [3.63, 3.8) is 0 Å². The number of nitriles is 1. The minimum Gasteiger partial charge on any atom is -0.369 e. The van der Waals surface area contributed by atoms with Crippen LogP contribution < -0.4 is 10.2 Å². The first-order valence-electron chi connectivity index (χ1n) is 10.3. The lowest BCUT2D eigenvalue weighted by Gasteiger charge is -2.34. The fourth-order valence-electron chi connectivity index (χ4n) is 3.89. The van der Waals surface area contributed by atoms with Crippen LogP contribution in [0.3, 0.4) is 0 Å². The number of anilines is 3. The molecule has 0 bridgehead atoms. The highest BCUT2D eigenvalue weighted by Crippen LogP contribution is 2.24. The number of benzene rings is 2. The highest BCUT2D eigenvalue weighted by atomic mass is 15.2. The van der Waals surface area contributed by atoms with Crippen LogP contribution in [0, 0.1) is 11.3 Å². The lowest BCUT2D eigenvalue weighted by Crippen LogP contribution is -2.44. The summed E-state index contributed by atoms with van der Waals surface area (Å²) in [6, 6.07) is 20.1. The number of nitrogens with one attached hydrogen (secondary N) is 1. The normalized spacial score (nSPS) is 14.5. The van der Waals surface area contributed by atoms with Crippen molar-refractivity contribution in [3.05, 3.63) is 72.6 Å².